The van der Waals surface area contributed by atoms with Crippen molar-refractivity contribution in [2.24, 2.45) is 5.73 Å². The van der Waals surface area contributed by atoms with E-state index < -0.39 is 5.97 Å². The van der Waals surface area contributed by atoms with Crippen LogP contribution in [0.15, 0.2) is 18.2 Å². The van der Waals surface area contributed by atoms with Gasteiger partial charge in [-0.15, -0.1) is 0 Å². The van der Waals surface area contributed by atoms with E-state index in [0.717, 1.165) is 52.3 Å². The Morgan fingerprint density at radius 3 is 2.43 bits per heavy atom. The molecule has 8 nitrogen and oxygen atoms in total. The van der Waals surface area contributed by atoms with Crippen molar-refractivity contribution in [3.63, 3.8) is 0 Å². The number of benzene rings is 1. The van der Waals surface area contributed by atoms with Gasteiger partial charge in [-0.05, 0) is 44.4 Å². The number of carbonyl (C=O) groups is 2. The Bertz CT molecular complexity index is 661. The van der Waals surface area contributed by atoms with Crippen LogP contribution >= 0.6 is 0 Å². The second kappa shape index (κ2) is 10.3. The molecule has 1 aromatic carbocycles. The maximum absolute atomic E-state index is 13.0. The average Bonchev–Trinajstić information content (AvgIpc) is 2.66. The number of carbonyl (C=O) groups excluding carboxylic acids is 1. The lowest BCUT2D eigenvalue weighted by Gasteiger charge is -2.47. The van der Waals surface area contributed by atoms with Gasteiger partial charge in [0.15, 0.2) is 11.5 Å². The molecular formula is C20H30N2O6. The van der Waals surface area contributed by atoms with Gasteiger partial charge in [0.1, 0.15) is 0 Å². The van der Waals surface area contributed by atoms with Gasteiger partial charge < -0.3 is 30.0 Å². The second-order valence-corrected chi connectivity index (χ2v) is 6.92. The van der Waals surface area contributed by atoms with E-state index in [0.29, 0.717) is 30.2 Å². The lowest BCUT2D eigenvalue weighted by molar-refractivity contribution is -0.169. The Hall–Kier alpha value is -2.32. The summed E-state index contributed by atoms with van der Waals surface area (Å²) < 4.78 is 16.9. The van der Waals surface area contributed by atoms with Crippen molar-refractivity contribution in [2.75, 3.05) is 40.0 Å². The summed E-state index contributed by atoms with van der Waals surface area (Å²) in [6.45, 7) is 4.39. The predicted octanol–water partition coefficient (Wildman–Crippen LogP) is 1.91. The molecule has 3 rings (SSSR count). The number of carboxylic acids is 1. The quantitative estimate of drug-likeness (QED) is 0.709. The SMILES string of the molecule is CC(=O)O.COc1cccc(C(=O)N2CCC3(CCO3)CC2)c1OCCCN. The highest BCUT2D eigenvalue weighted by atomic mass is 16.5. The molecule has 0 radical (unpaired) electrons. The topological polar surface area (TPSA) is 111 Å². The van der Waals surface area contributed by atoms with Crippen molar-refractivity contribution >= 4 is 11.9 Å². The Morgan fingerprint density at radius 1 is 1.29 bits per heavy atom. The molecule has 2 fully saturated rings. The number of hydrogen-bond donors (Lipinski definition) is 2. The zero-order valence-corrected chi connectivity index (χ0v) is 16.6. The molecule has 0 bridgehead atoms. The number of ether oxygens (including phenoxy) is 3. The molecule has 2 aliphatic rings. The number of aliphatic carboxylic acids is 1. The summed E-state index contributed by atoms with van der Waals surface area (Å²) in [6, 6.07) is 5.43. The maximum Gasteiger partial charge on any atom is 0.300 e. The minimum atomic E-state index is -0.833. The minimum absolute atomic E-state index is 0.00850. The van der Waals surface area contributed by atoms with Gasteiger partial charge in [-0.25, -0.2) is 0 Å². The van der Waals surface area contributed by atoms with E-state index in [1.807, 2.05) is 17.0 Å². The standard InChI is InChI=1S/C18H26N2O4.C2H4O2/c1-22-15-5-2-4-14(16(15)23-12-3-9-19)17(21)20-10-6-18(7-11-20)8-13-24-18;1-2(3)4/h2,4-5H,3,6-13,19H2,1H3;1H3,(H,3,4). The fourth-order valence-corrected chi connectivity index (χ4v) is 3.32. The first-order chi connectivity index (χ1) is 13.4. The highest BCUT2D eigenvalue weighted by Gasteiger charge is 2.42. The van der Waals surface area contributed by atoms with Gasteiger partial charge in [-0.1, -0.05) is 6.07 Å². The molecular weight excluding hydrogens is 364 g/mol. The van der Waals surface area contributed by atoms with E-state index in [4.69, 9.17) is 29.8 Å². The number of carboxylic acid groups (broad SMARTS) is 1. The minimum Gasteiger partial charge on any atom is -0.493 e. The molecule has 0 aliphatic carbocycles. The number of para-hydroxylation sites is 1. The predicted molar refractivity (Wildman–Crippen MR) is 104 cm³/mol. The first kappa shape index (κ1) is 22.0. The first-order valence-electron chi connectivity index (χ1n) is 9.55. The van der Waals surface area contributed by atoms with Crippen molar-refractivity contribution in [1.29, 1.82) is 0 Å². The average molecular weight is 394 g/mol. The number of methoxy groups -OCH3 is 1. The van der Waals surface area contributed by atoms with Crippen LogP contribution in [0.3, 0.4) is 0 Å². The monoisotopic (exact) mass is 394 g/mol. The Balaban J connectivity index is 0.000000640. The van der Waals surface area contributed by atoms with Crippen molar-refractivity contribution in [3.8, 4) is 11.5 Å². The number of rotatable bonds is 6. The number of hydrogen-bond acceptors (Lipinski definition) is 6. The molecule has 0 aromatic heterocycles. The number of nitrogens with two attached hydrogens (primary N) is 1. The lowest BCUT2D eigenvalue weighted by Crippen LogP contribution is -2.53. The molecule has 1 amide bonds. The summed E-state index contributed by atoms with van der Waals surface area (Å²) in [5.74, 6) is 0.248. The molecule has 3 N–H and O–H groups in total. The molecule has 1 spiro atoms. The van der Waals surface area contributed by atoms with Crippen LogP contribution in [-0.4, -0.2) is 67.4 Å². The fourth-order valence-electron chi connectivity index (χ4n) is 3.32. The van der Waals surface area contributed by atoms with Gasteiger partial charge in [0.25, 0.3) is 11.9 Å². The highest BCUT2D eigenvalue weighted by molar-refractivity contribution is 5.98. The molecule has 1 aromatic rings. The summed E-state index contributed by atoms with van der Waals surface area (Å²) in [5.41, 5.74) is 6.11. The van der Waals surface area contributed by atoms with E-state index in [1.54, 1.807) is 13.2 Å². The molecule has 8 heteroatoms. The van der Waals surface area contributed by atoms with Crippen molar-refractivity contribution < 1.29 is 28.9 Å². The van der Waals surface area contributed by atoms with Crippen LogP contribution in [0.5, 0.6) is 11.5 Å². The largest absolute Gasteiger partial charge is 0.493 e. The summed E-state index contributed by atoms with van der Waals surface area (Å²) in [4.78, 5) is 23.9. The number of nitrogens with zero attached hydrogens (tertiary/aromatic N) is 1. The normalized spacial score (nSPS) is 17.2. The third-order valence-electron chi connectivity index (χ3n) is 4.95. The third kappa shape index (κ3) is 5.59. The van der Waals surface area contributed by atoms with Gasteiger partial charge in [0, 0.05) is 20.0 Å². The summed E-state index contributed by atoms with van der Waals surface area (Å²) in [7, 11) is 1.58. The van der Waals surface area contributed by atoms with E-state index in [1.165, 1.54) is 0 Å². The molecule has 28 heavy (non-hydrogen) atoms. The van der Waals surface area contributed by atoms with Gasteiger partial charge in [-0.3, -0.25) is 9.59 Å². The van der Waals surface area contributed by atoms with E-state index in [9.17, 15) is 4.79 Å². The molecule has 0 unspecified atom stereocenters. The van der Waals surface area contributed by atoms with Crippen LogP contribution in [0, 0.1) is 0 Å². The van der Waals surface area contributed by atoms with Crippen LogP contribution < -0.4 is 15.2 Å². The third-order valence-corrected chi connectivity index (χ3v) is 4.95. The fraction of sp³-hybridized carbons (Fsp3) is 0.600. The lowest BCUT2D eigenvalue weighted by atomic mass is 9.84. The maximum atomic E-state index is 13.0. The van der Waals surface area contributed by atoms with E-state index in [2.05, 4.69) is 0 Å². The zero-order valence-electron chi connectivity index (χ0n) is 16.6. The van der Waals surface area contributed by atoms with Gasteiger partial charge in [0.2, 0.25) is 0 Å². The van der Waals surface area contributed by atoms with Gasteiger partial charge in [0.05, 0.1) is 31.5 Å². The molecule has 0 saturated carbocycles. The highest BCUT2D eigenvalue weighted by Crippen LogP contribution is 2.38. The summed E-state index contributed by atoms with van der Waals surface area (Å²) in [6.07, 6.45) is 3.66. The Kier molecular flexibility index (Phi) is 8.07. The smallest absolute Gasteiger partial charge is 0.300 e. The van der Waals surface area contributed by atoms with Crippen LogP contribution in [0.4, 0.5) is 0 Å². The molecule has 2 saturated heterocycles. The van der Waals surface area contributed by atoms with E-state index in [-0.39, 0.29) is 11.5 Å². The van der Waals surface area contributed by atoms with Crippen LogP contribution in [0.1, 0.15) is 43.0 Å². The van der Waals surface area contributed by atoms with Crippen LogP contribution in [-0.2, 0) is 9.53 Å². The number of piperidine rings is 1. The van der Waals surface area contributed by atoms with Crippen molar-refractivity contribution in [2.45, 2.75) is 38.2 Å². The van der Waals surface area contributed by atoms with Crippen molar-refractivity contribution in [3.05, 3.63) is 23.8 Å². The summed E-state index contributed by atoms with van der Waals surface area (Å²) in [5, 5.41) is 7.42. The molecule has 0 atom stereocenters. The zero-order chi connectivity index (χ0) is 20.6. The number of amides is 1. The number of likely N-dealkylation sites (tertiary alicyclic amines) is 1. The van der Waals surface area contributed by atoms with E-state index >= 15 is 0 Å². The van der Waals surface area contributed by atoms with Gasteiger partial charge in [-0.2, -0.15) is 0 Å². The molecule has 2 aliphatic heterocycles. The first-order valence-corrected chi connectivity index (χ1v) is 9.55. The Morgan fingerprint density at radius 2 is 1.93 bits per heavy atom. The molecule has 156 valence electrons. The Labute approximate surface area is 165 Å². The van der Waals surface area contributed by atoms with Crippen LogP contribution in [0.2, 0.25) is 0 Å². The summed E-state index contributed by atoms with van der Waals surface area (Å²) >= 11 is 0. The molecule has 2 heterocycles. The van der Waals surface area contributed by atoms with Gasteiger partial charge >= 0.3 is 0 Å². The van der Waals surface area contributed by atoms with Crippen LogP contribution in [0.25, 0.3) is 0 Å². The van der Waals surface area contributed by atoms with Crippen molar-refractivity contribution in [1.82, 2.24) is 4.90 Å². The second-order valence-electron chi connectivity index (χ2n) is 6.92.